The largest absolute Gasteiger partial charge is 0.368 e. The quantitative estimate of drug-likeness (QED) is 0.0844. The Hall–Kier alpha value is -2.31. The number of amides is 4. The topological polar surface area (TPSA) is 203 Å². The van der Waals surface area contributed by atoms with Gasteiger partial charge in [-0.2, -0.15) is 5.01 Å². The summed E-state index contributed by atoms with van der Waals surface area (Å²) in [4.78, 5) is 59.5. The molecule has 0 aromatic heterocycles. The minimum absolute atomic E-state index is 0.0678. The lowest BCUT2D eigenvalue weighted by molar-refractivity contribution is -0.128. The molecule has 8 N–H and O–H groups in total. The van der Waals surface area contributed by atoms with Crippen LogP contribution in [0.25, 0.3) is 0 Å². The molecule has 0 rings (SSSR count). The number of nitrogens with zero attached hydrogens (tertiary/aromatic N) is 2. The third kappa shape index (κ3) is 10.3. The highest BCUT2D eigenvalue weighted by Gasteiger charge is 2.35. The standard InChI is InChI=1S/C19H36ClN7O5/c1-13(2)19(23,17(22)30)8-5-7-15(28)14(6-3-4-10-21)25-16(29)12-27(26-32)18(31)24-11-9-20/h13-14H,3-12,21,23H2,1-2H3,(H2,22,30)(H,24,31)(H,25,29)/t14-,19-/m0/s1. The Kier molecular flexibility index (Phi) is 14.4. The summed E-state index contributed by atoms with van der Waals surface area (Å²) in [5.74, 6) is -1.70. The molecule has 0 bridgehead atoms. The van der Waals surface area contributed by atoms with Gasteiger partial charge < -0.3 is 27.8 Å². The average Bonchev–Trinajstić information content (AvgIpc) is 2.74. The molecule has 0 spiro atoms. The number of carbonyl (C=O) groups is 4. The molecule has 4 amide bonds. The normalized spacial score (nSPS) is 13.7. The van der Waals surface area contributed by atoms with E-state index in [9.17, 15) is 24.1 Å². The van der Waals surface area contributed by atoms with Crippen LogP contribution in [0.1, 0.15) is 52.4 Å². The maximum Gasteiger partial charge on any atom is 0.340 e. The molecule has 0 fully saturated rings. The highest BCUT2D eigenvalue weighted by atomic mass is 35.5. The maximum atomic E-state index is 12.7. The Balaban J connectivity index is 5.01. The van der Waals surface area contributed by atoms with Gasteiger partial charge in [0.2, 0.25) is 11.8 Å². The summed E-state index contributed by atoms with van der Waals surface area (Å²) in [6.07, 6.45) is 2.18. The minimum Gasteiger partial charge on any atom is -0.368 e. The number of alkyl halides is 1. The van der Waals surface area contributed by atoms with Gasteiger partial charge in [0.15, 0.2) is 5.78 Å². The van der Waals surface area contributed by atoms with Crippen molar-refractivity contribution in [1.29, 1.82) is 0 Å². The van der Waals surface area contributed by atoms with Crippen molar-refractivity contribution in [3.05, 3.63) is 4.91 Å². The molecule has 0 aliphatic carbocycles. The van der Waals surface area contributed by atoms with Crippen molar-refractivity contribution in [3.8, 4) is 0 Å². The van der Waals surface area contributed by atoms with Crippen molar-refractivity contribution in [2.75, 3.05) is 25.5 Å². The molecule has 0 unspecified atom stereocenters. The van der Waals surface area contributed by atoms with Crippen LogP contribution in [-0.2, 0) is 14.4 Å². The first kappa shape index (κ1) is 29.7. The molecule has 0 saturated heterocycles. The molecule has 13 heteroatoms. The first-order valence-corrected chi connectivity index (χ1v) is 11.1. The van der Waals surface area contributed by atoms with Crippen LogP contribution < -0.4 is 27.8 Å². The minimum atomic E-state index is -1.23. The first-order valence-electron chi connectivity index (χ1n) is 10.6. The monoisotopic (exact) mass is 477 g/mol. The summed E-state index contributed by atoms with van der Waals surface area (Å²) >= 11 is 5.47. The lowest BCUT2D eigenvalue weighted by Gasteiger charge is -2.30. The van der Waals surface area contributed by atoms with Crippen LogP contribution in [0.15, 0.2) is 5.29 Å². The number of unbranched alkanes of at least 4 members (excludes halogenated alkanes) is 1. The zero-order valence-corrected chi connectivity index (χ0v) is 19.5. The van der Waals surface area contributed by atoms with E-state index in [1.54, 1.807) is 13.8 Å². The number of nitrogens with one attached hydrogen (secondary N) is 2. The number of ketones is 1. The number of hydrogen-bond acceptors (Lipinski definition) is 8. The number of nitroso groups, excluding NO2 is 1. The van der Waals surface area contributed by atoms with E-state index in [0.717, 1.165) is 0 Å². The third-order valence-corrected chi connectivity index (χ3v) is 5.36. The van der Waals surface area contributed by atoms with Crippen LogP contribution in [-0.4, -0.2) is 65.7 Å². The second-order valence-corrected chi connectivity index (χ2v) is 8.22. The van der Waals surface area contributed by atoms with Crippen LogP contribution in [0.2, 0.25) is 0 Å². The van der Waals surface area contributed by atoms with E-state index < -0.39 is 36.0 Å². The van der Waals surface area contributed by atoms with E-state index in [2.05, 4.69) is 15.9 Å². The van der Waals surface area contributed by atoms with E-state index >= 15 is 0 Å². The van der Waals surface area contributed by atoms with Gasteiger partial charge in [-0.15, -0.1) is 16.5 Å². The maximum absolute atomic E-state index is 12.7. The van der Waals surface area contributed by atoms with Crippen molar-refractivity contribution < 1.29 is 19.2 Å². The van der Waals surface area contributed by atoms with Gasteiger partial charge in [0.1, 0.15) is 6.54 Å². The van der Waals surface area contributed by atoms with Crippen molar-refractivity contribution >= 4 is 35.2 Å². The molecular formula is C19H36ClN7O5. The van der Waals surface area contributed by atoms with Crippen LogP contribution >= 0.6 is 11.6 Å². The van der Waals surface area contributed by atoms with E-state index in [4.69, 9.17) is 28.8 Å². The van der Waals surface area contributed by atoms with Crippen LogP contribution in [0.5, 0.6) is 0 Å². The second-order valence-electron chi connectivity index (χ2n) is 7.84. The van der Waals surface area contributed by atoms with Crippen LogP contribution in [0.4, 0.5) is 4.79 Å². The lowest BCUT2D eigenvalue weighted by atomic mass is 9.81. The van der Waals surface area contributed by atoms with Gasteiger partial charge in [0.25, 0.3) is 0 Å². The van der Waals surface area contributed by atoms with Gasteiger partial charge >= 0.3 is 6.03 Å². The molecule has 0 heterocycles. The molecule has 0 aliphatic rings. The zero-order chi connectivity index (χ0) is 24.7. The molecule has 0 saturated carbocycles. The van der Waals surface area contributed by atoms with Gasteiger partial charge in [-0.25, -0.2) is 4.79 Å². The Morgan fingerprint density at radius 2 is 1.81 bits per heavy atom. The summed E-state index contributed by atoms with van der Waals surface area (Å²) in [5, 5.41) is 7.79. The Bertz CT molecular complexity index is 650. The molecule has 0 radical (unpaired) electrons. The molecular weight excluding hydrogens is 442 g/mol. The highest BCUT2D eigenvalue weighted by Crippen LogP contribution is 2.21. The molecule has 32 heavy (non-hydrogen) atoms. The predicted octanol–water partition coefficient (Wildman–Crippen LogP) is 0.110. The van der Waals surface area contributed by atoms with Crippen molar-refractivity contribution in [2.45, 2.75) is 64.0 Å². The van der Waals surface area contributed by atoms with Crippen LogP contribution in [0, 0.1) is 10.8 Å². The SMILES string of the molecule is CC(C)[C@@](N)(CCCC(=O)[C@H](CCCCN)NC(=O)CN(N=O)C(=O)NCCCl)C(N)=O. The summed E-state index contributed by atoms with van der Waals surface area (Å²) in [7, 11) is 0. The molecule has 0 aromatic carbocycles. The van der Waals surface area contributed by atoms with Gasteiger partial charge in [-0.3, -0.25) is 14.4 Å². The zero-order valence-electron chi connectivity index (χ0n) is 18.8. The van der Waals surface area contributed by atoms with Gasteiger partial charge in [0, 0.05) is 18.8 Å². The number of halogens is 1. The highest BCUT2D eigenvalue weighted by molar-refractivity contribution is 6.18. The fourth-order valence-corrected chi connectivity index (χ4v) is 3.09. The van der Waals surface area contributed by atoms with Gasteiger partial charge in [-0.05, 0) is 44.6 Å². The number of Topliss-reactive ketones (excluding diaryl/α,β-unsaturated/α-hetero) is 1. The number of urea groups is 1. The third-order valence-electron chi connectivity index (χ3n) is 5.17. The van der Waals surface area contributed by atoms with E-state index in [1.807, 2.05) is 0 Å². The summed E-state index contributed by atoms with van der Waals surface area (Å²) in [6, 6.07) is -1.71. The smallest absolute Gasteiger partial charge is 0.340 e. The molecule has 184 valence electrons. The van der Waals surface area contributed by atoms with Crippen molar-refractivity contribution in [2.24, 2.45) is 28.4 Å². The molecule has 12 nitrogen and oxygen atoms in total. The molecule has 0 aliphatic heterocycles. The average molecular weight is 478 g/mol. The fourth-order valence-electron chi connectivity index (χ4n) is 2.99. The number of primary amides is 1. The van der Waals surface area contributed by atoms with E-state index in [-0.39, 0.29) is 37.0 Å². The first-order chi connectivity index (χ1) is 15.0. The van der Waals surface area contributed by atoms with Crippen molar-refractivity contribution in [3.63, 3.8) is 0 Å². The molecule has 0 aromatic rings. The summed E-state index contributed by atoms with van der Waals surface area (Å²) in [6.45, 7) is 3.43. The van der Waals surface area contributed by atoms with Crippen molar-refractivity contribution in [1.82, 2.24) is 15.6 Å². The Morgan fingerprint density at radius 1 is 1.16 bits per heavy atom. The fraction of sp³-hybridized carbons (Fsp3) is 0.789. The van der Waals surface area contributed by atoms with E-state index in [0.29, 0.717) is 37.2 Å². The predicted molar refractivity (Wildman–Crippen MR) is 121 cm³/mol. The number of carbonyl (C=O) groups excluding carboxylic acids is 4. The second kappa shape index (κ2) is 15.5. The molecule has 2 atom stereocenters. The summed E-state index contributed by atoms with van der Waals surface area (Å²) < 4.78 is 0. The Labute approximate surface area is 193 Å². The number of rotatable bonds is 17. The summed E-state index contributed by atoms with van der Waals surface area (Å²) in [5.41, 5.74) is 15.8. The van der Waals surface area contributed by atoms with E-state index in [1.165, 1.54) is 0 Å². The van der Waals surface area contributed by atoms with Gasteiger partial charge in [0.05, 0.1) is 16.9 Å². The van der Waals surface area contributed by atoms with Crippen LogP contribution in [0.3, 0.4) is 0 Å². The number of hydrogen-bond donors (Lipinski definition) is 5. The Morgan fingerprint density at radius 3 is 2.31 bits per heavy atom. The van der Waals surface area contributed by atoms with Gasteiger partial charge in [-0.1, -0.05) is 13.8 Å². The number of nitrogens with two attached hydrogens (primary N) is 3. The lowest BCUT2D eigenvalue weighted by Crippen LogP contribution is -2.56.